The molecular weight excluding hydrogens is 406 g/mol. The molecule has 142 valence electrons. The van der Waals surface area contributed by atoms with Crippen LogP contribution in [0, 0.1) is 6.92 Å². The highest BCUT2D eigenvalue weighted by Gasteiger charge is 2.33. The molecule has 0 aliphatic carbocycles. The molecule has 4 rings (SSSR count). The van der Waals surface area contributed by atoms with Crippen LogP contribution in [0.5, 0.6) is 0 Å². The molecule has 3 heterocycles. The molecule has 2 aromatic heterocycles. The molecule has 0 radical (unpaired) electrons. The molecule has 1 amide bonds. The first-order valence-electron chi connectivity index (χ1n) is 8.48. The van der Waals surface area contributed by atoms with E-state index in [1.165, 1.54) is 11.3 Å². The summed E-state index contributed by atoms with van der Waals surface area (Å²) < 4.78 is 25.2. The zero-order valence-corrected chi connectivity index (χ0v) is 17.2. The van der Waals surface area contributed by atoms with Gasteiger partial charge < -0.3 is 4.90 Å². The van der Waals surface area contributed by atoms with Gasteiger partial charge in [-0.25, -0.2) is 13.1 Å². The summed E-state index contributed by atoms with van der Waals surface area (Å²) in [5, 5.41) is 6.04. The third-order valence-corrected chi connectivity index (χ3v) is 8.08. The predicted molar refractivity (Wildman–Crippen MR) is 108 cm³/mol. The average molecular weight is 424 g/mol. The van der Waals surface area contributed by atoms with Gasteiger partial charge in [-0.15, -0.1) is 11.3 Å². The van der Waals surface area contributed by atoms with E-state index in [0.717, 1.165) is 21.6 Å². The van der Waals surface area contributed by atoms with Crippen LogP contribution in [0.2, 0.25) is 5.02 Å². The van der Waals surface area contributed by atoms with Gasteiger partial charge in [0, 0.05) is 18.5 Å². The molecule has 3 aromatic rings. The average Bonchev–Trinajstić information content (AvgIpc) is 3.29. The number of aromatic nitrogens is 2. The second-order valence-corrected chi connectivity index (χ2v) is 10.4. The van der Waals surface area contributed by atoms with Gasteiger partial charge in [0.25, 0.3) is 5.91 Å². The van der Waals surface area contributed by atoms with Crippen LogP contribution in [0.3, 0.4) is 0 Å². The molecule has 6 nitrogen and oxygen atoms in total. The van der Waals surface area contributed by atoms with Crippen LogP contribution in [0.15, 0.2) is 30.3 Å². The fraction of sp³-hybridized carbons (Fsp3) is 0.333. The van der Waals surface area contributed by atoms with Crippen molar-refractivity contribution in [1.29, 1.82) is 0 Å². The van der Waals surface area contributed by atoms with E-state index in [1.54, 1.807) is 22.7 Å². The second-order valence-electron chi connectivity index (χ2n) is 6.75. The Labute approximate surface area is 166 Å². The normalized spacial score (nSPS) is 18.9. The number of halogens is 1. The molecule has 0 N–H and O–H groups in total. The van der Waals surface area contributed by atoms with Crippen molar-refractivity contribution in [3.63, 3.8) is 0 Å². The smallest absolute Gasteiger partial charge is 0.264 e. The van der Waals surface area contributed by atoms with E-state index in [1.807, 2.05) is 31.2 Å². The van der Waals surface area contributed by atoms with Gasteiger partial charge in [-0.3, -0.25) is 4.79 Å². The molecule has 1 saturated heterocycles. The Bertz CT molecular complexity index is 1150. The van der Waals surface area contributed by atoms with E-state index in [4.69, 9.17) is 11.6 Å². The minimum atomic E-state index is -3.04. The van der Waals surface area contributed by atoms with Gasteiger partial charge in [0.05, 0.1) is 32.8 Å². The number of carbonyl (C=O) groups is 1. The molecule has 0 unspecified atom stereocenters. The number of nitrogens with zero attached hydrogens (tertiary/aromatic N) is 3. The van der Waals surface area contributed by atoms with E-state index < -0.39 is 9.84 Å². The zero-order chi connectivity index (χ0) is 19.3. The standard InChI is InChI=1S/C18H18ClN3O3S2/c1-11-13-9-16(17(23)21(2)12-7-8-27(24,25)10-12)26-18(13)22(20-11)15-6-4-3-5-14(15)19/h3-6,9,12H,7-8,10H2,1-2H3/t12-/m0/s1. The zero-order valence-electron chi connectivity index (χ0n) is 14.8. The van der Waals surface area contributed by atoms with Crippen LogP contribution in [-0.4, -0.2) is 53.6 Å². The molecular formula is C18H18ClN3O3S2. The lowest BCUT2D eigenvalue weighted by molar-refractivity contribution is 0.0752. The Morgan fingerprint density at radius 3 is 2.78 bits per heavy atom. The number of amides is 1. The topological polar surface area (TPSA) is 72.3 Å². The summed E-state index contributed by atoms with van der Waals surface area (Å²) in [4.78, 5) is 15.9. The monoisotopic (exact) mass is 423 g/mol. The van der Waals surface area contributed by atoms with Gasteiger partial charge in [0.15, 0.2) is 9.84 Å². The Kier molecular flexibility index (Phi) is 4.52. The maximum absolute atomic E-state index is 12.9. The van der Waals surface area contributed by atoms with Gasteiger partial charge in [-0.2, -0.15) is 5.10 Å². The number of benzene rings is 1. The second kappa shape index (κ2) is 6.61. The van der Waals surface area contributed by atoms with Crippen molar-refractivity contribution >= 4 is 48.9 Å². The number of sulfone groups is 1. The lowest BCUT2D eigenvalue weighted by Crippen LogP contribution is -2.37. The quantitative estimate of drug-likeness (QED) is 0.647. The fourth-order valence-corrected chi connectivity index (χ4v) is 6.51. The Hall–Kier alpha value is -1.90. The Balaban J connectivity index is 1.71. The summed E-state index contributed by atoms with van der Waals surface area (Å²) >= 11 is 7.66. The first-order valence-corrected chi connectivity index (χ1v) is 11.5. The molecule has 0 bridgehead atoms. The number of fused-ring (bicyclic) bond motifs is 1. The number of hydrogen-bond donors (Lipinski definition) is 0. The molecule has 1 atom stereocenters. The lowest BCUT2D eigenvalue weighted by atomic mass is 10.2. The maximum atomic E-state index is 12.9. The van der Waals surface area contributed by atoms with Crippen molar-refractivity contribution < 1.29 is 13.2 Å². The molecule has 27 heavy (non-hydrogen) atoms. The Morgan fingerprint density at radius 1 is 1.37 bits per heavy atom. The van der Waals surface area contributed by atoms with Gasteiger partial charge in [0.2, 0.25) is 0 Å². The minimum absolute atomic E-state index is 0.0343. The maximum Gasteiger partial charge on any atom is 0.264 e. The third kappa shape index (κ3) is 3.26. The van der Waals surface area contributed by atoms with Crippen molar-refractivity contribution in [2.75, 3.05) is 18.6 Å². The molecule has 1 fully saturated rings. The van der Waals surface area contributed by atoms with Gasteiger partial charge in [-0.1, -0.05) is 23.7 Å². The third-order valence-electron chi connectivity index (χ3n) is 4.91. The van der Waals surface area contributed by atoms with E-state index in [9.17, 15) is 13.2 Å². The predicted octanol–water partition coefficient (Wildman–Crippen LogP) is 3.31. The van der Waals surface area contributed by atoms with Crippen molar-refractivity contribution in [2.45, 2.75) is 19.4 Å². The van der Waals surface area contributed by atoms with E-state index in [2.05, 4.69) is 5.10 Å². The molecule has 1 aromatic carbocycles. The van der Waals surface area contributed by atoms with Crippen LogP contribution >= 0.6 is 22.9 Å². The summed E-state index contributed by atoms with van der Waals surface area (Å²) in [5.74, 6) is 0.0119. The number of rotatable bonds is 3. The molecule has 0 spiro atoms. The van der Waals surface area contributed by atoms with E-state index in [-0.39, 0.29) is 23.5 Å². The van der Waals surface area contributed by atoms with E-state index in [0.29, 0.717) is 16.3 Å². The van der Waals surface area contributed by atoms with Crippen molar-refractivity contribution in [3.8, 4) is 5.69 Å². The molecule has 1 aliphatic rings. The highest BCUT2D eigenvalue weighted by molar-refractivity contribution is 7.91. The molecule has 0 saturated carbocycles. The summed E-state index contributed by atoms with van der Waals surface area (Å²) in [6, 6.07) is 8.98. The first kappa shape index (κ1) is 18.5. The summed E-state index contributed by atoms with van der Waals surface area (Å²) in [6.45, 7) is 1.89. The molecule has 9 heteroatoms. The van der Waals surface area contributed by atoms with Crippen LogP contribution in [-0.2, 0) is 9.84 Å². The minimum Gasteiger partial charge on any atom is -0.337 e. The van der Waals surface area contributed by atoms with Gasteiger partial charge in [-0.05, 0) is 31.5 Å². The summed E-state index contributed by atoms with van der Waals surface area (Å²) in [5.41, 5.74) is 1.57. The highest BCUT2D eigenvalue weighted by Crippen LogP contribution is 2.33. The largest absolute Gasteiger partial charge is 0.337 e. The highest BCUT2D eigenvalue weighted by atomic mass is 35.5. The Morgan fingerprint density at radius 2 is 2.11 bits per heavy atom. The first-order chi connectivity index (χ1) is 12.8. The SMILES string of the molecule is Cc1nn(-c2ccccc2Cl)c2sc(C(=O)N(C)[C@H]3CCS(=O)(=O)C3)cc12. The summed E-state index contributed by atoms with van der Waals surface area (Å²) in [7, 11) is -1.37. The lowest BCUT2D eigenvalue weighted by Gasteiger charge is -2.22. The number of carbonyl (C=O) groups excluding carboxylic acids is 1. The fourth-order valence-electron chi connectivity index (χ4n) is 3.36. The van der Waals surface area contributed by atoms with Gasteiger partial charge in [0.1, 0.15) is 4.83 Å². The number of para-hydroxylation sites is 1. The van der Waals surface area contributed by atoms with Crippen LogP contribution in [0.4, 0.5) is 0 Å². The number of hydrogen-bond acceptors (Lipinski definition) is 5. The van der Waals surface area contributed by atoms with Gasteiger partial charge >= 0.3 is 0 Å². The molecule has 1 aliphatic heterocycles. The number of thiophene rings is 1. The van der Waals surface area contributed by atoms with Crippen molar-refractivity contribution in [1.82, 2.24) is 14.7 Å². The van der Waals surface area contributed by atoms with Crippen LogP contribution in [0.25, 0.3) is 15.9 Å². The van der Waals surface area contributed by atoms with Crippen molar-refractivity contribution in [3.05, 3.63) is 45.9 Å². The van der Waals surface area contributed by atoms with Crippen LogP contribution in [0.1, 0.15) is 21.8 Å². The van der Waals surface area contributed by atoms with Crippen LogP contribution < -0.4 is 0 Å². The number of aryl methyl sites for hydroxylation is 1. The summed E-state index contributed by atoms with van der Waals surface area (Å²) in [6.07, 6.45) is 0.488. The van der Waals surface area contributed by atoms with E-state index >= 15 is 0 Å². The van der Waals surface area contributed by atoms with Crippen molar-refractivity contribution in [2.24, 2.45) is 0 Å².